The first kappa shape index (κ1) is 12.2. The molecule has 0 aromatic heterocycles. The van der Waals surface area contributed by atoms with Gasteiger partial charge in [0.05, 0.1) is 6.04 Å². The Kier molecular flexibility index (Phi) is 2.62. The molecule has 5 nitrogen and oxygen atoms in total. The van der Waals surface area contributed by atoms with Gasteiger partial charge in [-0.1, -0.05) is 42.5 Å². The minimum Gasteiger partial charge on any atom is -0.480 e. The number of fused-ring (bicyclic) bond motifs is 4. The molecule has 3 aliphatic rings. The highest BCUT2D eigenvalue weighted by molar-refractivity contribution is 5.84. The van der Waals surface area contributed by atoms with Crippen molar-refractivity contribution >= 4 is 11.7 Å². The lowest BCUT2D eigenvalue weighted by Gasteiger charge is -2.35. The van der Waals surface area contributed by atoms with Gasteiger partial charge in [0, 0.05) is 11.1 Å². The summed E-state index contributed by atoms with van der Waals surface area (Å²) in [5.41, 5.74) is 3.10. The van der Waals surface area contributed by atoms with E-state index in [4.69, 9.17) is 14.6 Å². The van der Waals surface area contributed by atoms with E-state index >= 15 is 0 Å². The van der Waals surface area contributed by atoms with Crippen molar-refractivity contribution in [2.24, 2.45) is 0 Å². The molecule has 21 heavy (non-hydrogen) atoms. The van der Waals surface area contributed by atoms with Crippen LogP contribution in [0, 0.1) is 0 Å². The van der Waals surface area contributed by atoms with Crippen LogP contribution in [-0.4, -0.2) is 29.6 Å². The van der Waals surface area contributed by atoms with Crippen molar-refractivity contribution in [3.8, 4) is 5.75 Å². The monoisotopic (exact) mass is 283 g/mol. The Morgan fingerprint density at radius 3 is 3.00 bits per heavy atom. The number of ether oxygens (including phenoxy) is 2. The van der Waals surface area contributed by atoms with Crippen LogP contribution in [0.1, 0.15) is 5.56 Å². The number of nitrogens with one attached hydrogen (secondary N) is 1. The van der Waals surface area contributed by atoms with Crippen molar-refractivity contribution in [1.29, 1.82) is 0 Å². The third-order valence-corrected chi connectivity index (χ3v) is 3.90. The fourth-order valence-corrected chi connectivity index (χ4v) is 3.09. The zero-order chi connectivity index (χ0) is 14.4. The van der Waals surface area contributed by atoms with Crippen LogP contribution in [0.4, 0.5) is 4.79 Å². The van der Waals surface area contributed by atoms with Crippen LogP contribution >= 0.6 is 0 Å². The second-order valence-electron chi connectivity index (χ2n) is 5.10. The van der Waals surface area contributed by atoms with Crippen molar-refractivity contribution in [2.75, 3.05) is 0 Å². The Morgan fingerprint density at radius 1 is 1.29 bits per heavy atom. The summed E-state index contributed by atoms with van der Waals surface area (Å²) in [4.78, 5) is 10.9. The summed E-state index contributed by atoms with van der Waals surface area (Å²) in [7, 11) is 0. The number of allylic oxidation sites excluding steroid dienone is 2. The van der Waals surface area contributed by atoms with E-state index in [0.29, 0.717) is 0 Å². The van der Waals surface area contributed by atoms with Crippen molar-refractivity contribution in [2.45, 2.75) is 18.4 Å². The van der Waals surface area contributed by atoms with Gasteiger partial charge in [0.1, 0.15) is 5.75 Å². The maximum absolute atomic E-state index is 10.9. The van der Waals surface area contributed by atoms with Crippen LogP contribution in [-0.2, 0) is 4.74 Å². The van der Waals surface area contributed by atoms with E-state index in [1.54, 1.807) is 0 Å². The first-order valence-electron chi connectivity index (χ1n) is 6.74. The zero-order valence-electron chi connectivity index (χ0n) is 11.0. The smallest absolute Gasteiger partial charge is 0.480 e. The minimum absolute atomic E-state index is 0.0691. The highest BCUT2D eigenvalue weighted by Crippen LogP contribution is 2.44. The molecular weight excluding hydrogens is 270 g/mol. The minimum atomic E-state index is -1.31. The lowest BCUT2D eigenvalue weighted by atomic mass is 9.86. The molecular formula is C16H13NO4. The largest absolute Gasteiger partial charge is 0.507 e. The average molecular weight is 283 g/mol. The number of para-hydroxylation sites is 1. The van der Waals surface area contributed by atoms with E-state index in [-0.39, 0.29) is 6.04 Å². The fourth-order valence-electron chi connectivity index (χ4n) is 3.09. The van der Waals surface area contributed by atoms with Gasteiger partial charge in [0.25, 0.3) is 0 Å². The summed E-state index contributed by atoms with van der Waals surface area (Å²) in [6.07, 6.45) is 5.42. The van der Waals surface area contributed by atoms with Gasteiger partial charge < -0.3 is 14.6 Å². The number of rotatable bonds is 1. The number of hydrogen-bond donors (Lipinski definition) is 2. The third-order valence-electron chi connectivity index (χ3n) is 3.90. The van der Waals surface area contributed by atoms with E-state index < -0.39 is 18.5 Å². The number of hydrogen-bond acceptors (Lipinski definition) is 4. The molecule has 1 aromatic rings. The van der Waals surface area contributed by atoms with E-state index in [2.05, 4.69) is 5.32 Å². The number of carboxylic acid groups (broad SMARTS) is 1. The molecule has 0 saturated carbocycles. The molecule has 0 amide bonds. The van der Waals surface area contributed by atoms with Crippen LogP contribution in [0.5, 0.6) is 5.75 Å². The fraction of sp³-hybridized carbons (Fsp3) is 0.188. The molecule has 5 heteroatoms. The Labute approximate surface area is 121 Å². The average Bonchev–Trinajstić information content (AvgIpc) is 2.87. The first-order valence-corrected chi connectivity index (χ1v) is 6.74. The summed E-state index contributed by atoms with van der Waals surface area (Å²) in [5, 5.41) is 12.1. The Balaban J connectivity index is 1.85. The summed E-state index contributed by atoms with van der Waals surface area (Å²) in [6, 6.07) is 7.65. The zero-order valence-corrected chi connectivity index (χ0v) is 11.0. The highest BCUT2D eigenvalue weighted by Gasteiger charge is 2.44. The highest BCUT2D eigenvalue weighted by atomic mass is 16.7. The van der Waals surface area contributed by atoms with Crippen LogP contribution < -0.4 is 10.1 Å². The first-order chi connectivity index (χ1) is 10.2. The van der Waals surface area contributed by atoms with Gasteiger partial charge in [-0.2, -0.15) is 0 Å². The molecule has 1 aromatic carbocycles. The second-order valence-corrected chi connectivity index (χ2v) is 5.10. The topological polar surface area (TPSA) is 67.8 Å². The third kappa shape index (κ3) is 1.86. The molecule has 2 aliphatic heterocycles. The lowest BCUT2D eigenvalue weighted by Crippen LogP contribution is -2.53. The lowest BCUT2D eigenvalue weighted by molar-refractivity contribution is -0.00743. The molecule has 0 fully saturated rings. The van der Waals surface area contributed by atoms with Crippen molar-refractivity contribution in [1.82, 2.24) is 5.32 Å². The van der Waals surface area contributed by atoms with Crippen LogP contribution in [0.15, 0.2) is 54.1 Å². The van der Waals surface area contributed by atoms with Gasteiger partial charge in [-0.15, -0.1) is 0 Å². The van der Waals surface area contributed by atoms with Gasteiger partial charge in [-0.25, -0.2) is 4.79 Å². The number of carbonyl (C=O) groups is 1. The van der Waals surface area contributed by atoms with E-state index in [0.717, 1.165) is 22.5 Å². The molecule has 2 N–H and O–H groups in total. The van der Waals surface area contributed by atoms with Crippen LogP contribution in [0.3, 0.4) is 0 Å². The second kappa shape index (κ2) is 4.49. The molecule has 0 spiro atoms. The summed E-state index contributed by atoms with van der Waals surface area (Å²) in [6.45, 7) is 0. The molecule has 3 unspecified atom stereocenters. The summed E-state index contributed by atoms with van der Waals surface area (Å²) < 4.78 is 10.9. The normalized spacial score (nSPS) is 28.5. The predicted octanol–water partition coefficient (Wildman–Crippen LogP) is 2.32. The quantitative estimate of drug-likeness (QED) is 0.774. The van der Waals surface area contributed by atoms with E-state index in [9.17, 15) is 4.79 Å². The predicted molar refractivity (Wildman–Crippen MR) is 75.9 cm³/mol. The molecule has 0 saturated heterocycles. The standard InChI is InChI=1S/C16H13NO4/c18-16(19)21-15-14-13(9-5-1-3-7-11(9)17-15)10-6-2-4-8-12(10)20-14/h1-8,11,14-15,17H,(H,18,19). The molecule has 0 radical (unpaired) electrons. The Bertz CT molecular complexity index is 704. The Hall–Kier alpha value is -2.53. The molecule has 3 atom stereocenters. The van der Waals surface area contributed by atoms with E-state index in [1.807, 2.05) is 48.6 Å². The maximum Gasteiger partial charge on any atom is 0.507 e. The van der Waals surface area contributed by atoms with Gasteiger partial charge in [-0.05, 0) is 11.6 Å². The van der Waals surface area contributed by atoms with Crippen LogP contribution in [0.2, 0.25) is 0 Å². The van der Waals surface area contributed by atoms with Gasteiger partial charge in [0.2, 0.25) is 0 Å². The maximum atomic E-state index is 10.9. The summed E-state index contributed by atoms with van der Waals surface area (Å²) >= 11 is 0. The molecule has 4 rings (SSSR count). The van der Waals surface area contributed by atoms with Gasteiger partial charge >= 0.3 is 6.16 Å². The van der Waals surface area contributed by atoms with Gasteiger partial charge in [0.15, 0.2) is 12.3 Å². The summed E-state index contributed by atoms with van der Waals surface area (Å²) in [5.74, 6) is 0.759. The van der Waals surface area contributed by atoms with Crippen molar-refractivity contribution < 1.29 is 19.4 Å². The van der Waals surface area contributed by atoms with Crippen molar-refractivity contribution in [3.05, 3.63) is 59.7 Å². The molecule has 2 heterocycles. The van der Waals surface area contributed by atoms with Crippen LogP contribution in [0.25, 0.3) is 5.57 Å². The molecule has 0 bridgehead atoms. The van der Waals surface area contributed by atoms with Crippen molar-refractivity contribution in [3.63, 3.8) is 0 Å². The molecule has 106 valence electrons. The Morgan fingerprint density at radius 2 is 2.14 bits per heavy atom. The SMILES string of the molecule is O=C(O)OC1NC2C=CC=CC2=C2c3ccccc3OC21. The van der Waals surface area contributed by atoms with Gasteiger partial charge in [-0.3, -0.25) is 5.32 Å². The van der Waals surface area contributed by atoms with E-state index in [1.165, 1.54) is 0 Å². The number of benzene rings is 1. The molecule has 1 aliphatic carbocycles.